The molecule has 1 aromatic heterocycles. The van der Waals surface area contributed by atoms with Crippen LogP contribution in [0.5, 0.6) is 0 Å². The van der Waals surface area contributed by atoms with Crippen LogP contribution in [0.4, 0.5) is 10.1 Å². The highest BCUT2D eigenvalue weighted by Gasteiger charge is 2.28. The van der Waals surface area contributed by atoms with Gasteiger partial charge in [0.25, 0.3) is 0 Å². The number of fused-ring (bicyclic) bond motifs is 1. The molecule has 1 aromatic carbocycles. The molecule has 2 aliphatic rings. The second kappa shape index (κ2) is 7.98. The van der Waals surface area contributed by atoms with Crippen LogP contribution in [0.25, 0.3) is 10.9 Å². The van der Waals surface area contributed by atoms with Gasteiger partial charge in [-0.3, -0.25) is 15.1 Å². The van der Waals surface area contributed by atoms with Crippen LogP contribution in [0.15, 0.2) is 35.0 Å². The number of hydroxylamine groups is 1. The van der Waals surface area contributed by atoms with Crippen molar-refractivity contribution in [2.24, 2.45) is 0 Å². The average molecular weight is 416 g/mol. The van der Waals surface area contributed by atoms with E-state index in [1.807, 2.05) is 22.6 Å². The standard InChI is InChI=1S/C21H25FN4O4/c1-13(23-30-2)11-24-5-7-25(8-6-24)19-10-18-15(9-17(19)22)20(27)16(21(28)29)12-26(18)14-3-4-14/h9-12,14,23H,3-8H2,1-2H3,(H,28,29). The molecule has 2 aromatic rings. The fraction of sp³-hybridized carbons (Fsp3) is 0.429. The largest absolute Gasteiger partial charge is 0.477 e. The zero-order chi connectivity index (χ0) is 21.4. The quantitative estimate of drug-likeness (QED) is 0.699. The summed E-state index contributed by atoms with van der Waals surface area (Å²) in [6.07, 6.45) is 5.21. The van der Waals surface area contributed by atoms with E-state index in [1.165, 1.54) is 12.3 Å². The number of allylic oxidation sites excluding steroid dienone is 1. The minimum absolute atomic E-state index is 0.117. The molecule has 0 unspecified atom stereocenters. The first-order chi connectivity index (χ1) is 14.4. The van der Waals surface area contributed by atoms with Gasteiger partial charge < -0.3 is 19.5 Å². The highest BCUT2D eigenvalue weighted by atomic mass is 19.1. The van der Waals surface area contributed by atoms with Gasteiger partial charge in [-0.15, -0.1) is 0 Å². The molecule has 1 saturated heterocycles. The third-order valence-electron chi connectivity index (χ3n) is 5.57. The van der Waals surface area contributed by atoms with Crippen LogP contribution in [0.1, 0.15) is 36.2 Å². The topological polar surface area (TPSA) is 87.0 Å². The molecule has 0 amide bonds. The molecule has 1 aliphatic carbocycles. The van der Waals surface area contributed by atoms with Gasteiger partial charge in [0.1, 0.15) is 11.4 Å². The van der Waals surface area contributed by atoms with Gasteiger partial charge >= 0.3 is 5.97 Å². The first kappa shape index (κ1) is 20.2. The van der Waals surface area contributed by atoms with Crippen molar-refractivity contribution in [1.82, 2.24) is 14.9 Å². The van der Waals surface area contributed by atoms with Gasteiger partial charge in [-0.2, -0.15) is 0 Å². The van der Waals surface area contributed by atoms with Crippen molar-refractivity contribution in [1.29, 1.82) is 0 Å². The number of hydrogen-bond donors (Lipinski definition) is 2. The van der Waals surface area contributed by atoms with Gasteiger partial charge in [0, 0.05) is 50.0 Å². The number of pyridine rings is 1. The highest BCUT2D eigenvalue weighted by Crippen LogP contribution is 2.38. The lowest BCUT2D eigenvalue weighted by atomic mass is 10.1. The fourth-order valence-electron chi connectivity index (χ4n) is 3.96. The van der Waals surface area contributed by atoms with Crippen LogP contribution in [-0.2, 0) is 4.84 Å². The summed E-state index contributed by atoms with van der Waals surface area (Å²) in [5.74, 6) is -1.80. The number of hydrogen-bond acceptors (Lipinski definition) is 6. The van der Waals surface area contributed by atoms with Crippen molar-refractivity contribution in [3.63, 3.8) is 0 Å². The molecule has 0 atom stereocenters. The van der Waals surface area contributed by atoms with Crippen LogP contribution in [0, 0.1) is 5.82 Å². The number of carbonyl (C=O) groups is 1. The van der Waals surface area contributed by atoms with E-state index in [9.17, 15) is 19.1 Å². The first-order valence-electron chi connectivity index (χ1n) is 9.97. The molecule has 2 heterocycles. The van der Waals surface area contributed by atoms with Crippen LogP contribution in [0.2, 0.25) is 0 Å². The number of nitrogens with one attached hydrogen (secondary N) is 1. The SMILES string of the molecule is CONC(C)=CN1CCN(c2cc3c(cc2F)c(=O)c(C(=O)O)cn3C2CC2)CC1. The number of carboxylic acid groups (broad SMARTS) is 1. The number of aromatic carboxylic acids is 1. The van der Waals surface area contributed by atoms with E-state index in [0.29, 0.717) is 37.4 Å². The van der Waals surface area contributed by atoms with Crippen LogP contribution in [-0.4, -0.2) is 53.8 Å². The molecule has 8 nitrogen and oxygen atoms in total. The second-order valence-corrected chi connectivity index (χ2v) is 7.78. The van der Waals surface area contributed by atoms with Gasteiger partial charge in [-0.1, -0.05) is 0 Å². The molecule has 9 heteroatoms. The van der Waals surface area contributed by atoms with Gasteiger partial charge in [0.2, 0.25) is 5.43 Å². The predicted molar refractivity (Wildman–Crippen MR) is 111 cm³/mol. The Bertz CT molecular complexity index is 1070. The minimum atomic E-state index is -1.29. The number of nitrogens with zero attached hydrogens (tertiary/aromatic N) is 3. The van der Waals surface area contributed by atoms with Gasteiger partial charge in [0.15, 0.2) is 0 Å². The van der Waals surface area contributed by atoms with E-state index in [1.54, 1.807) is 13.2 Å². The molecule has 1 aliphatic heterocycles. The van der Waals surface area contributed by atoms with Gasteiger partial charge in [0.05, 0.1) is 24.0 Å². The molecule has 4 rings (SSSR count). The third kappa shape index (κ3) is 3.85. The van der Waals surface area contributed by atoms with Crippen molar-refractivity contribution >= 4 is 22.6 Å². The van der Waals surface area contributed by atoms with E-state index in [-0.39, 0.29) is 17.0 Å². The van der Waals surface area contributed by atoms with Gasteiger partial charge in [-0.05, 0) is 31.9 Å². The smallest absolute Gasteiger partial charge is 0.341 e. The highest BCUT2D eigenvalue weighted by molar-refractivity contribution is 5.93. The van der Waals surface area contributed by atoms with Crippen LogP contribution >= 0.6 is 0 Å². The molecule has 0 radical (unpaired) electrons. The lowest BCUT2D eigenvalue weighted by Crippen LogP contribution is -2.44. The number of aromatic nitrogens is 1. The Kier molecular flexibility index (Phi) is 5.38. The first-order valence-corrected chi connectivity index (χ1v) is 9.97. The normalized spacial score (nSPS) is 17.5. The minimum Gasteiger partial charge on any atom is -0.477 e. The predicted octanol–water partition coefficient (Wildman–Crippen LogP) is 2.31. The Morgan fingerprint density at radius 3 is 2.57 bits per heavy atom. The Morgan fingerprint density at radius 1 is 1.27 bits per heavy atom. The zero-order valence-electron chi connectivity index (χ0n) is 17.0. The maximum Gasteiger partial charge on any atom is 0.341 e. The molecule has 1 saturated carbocycles. The summed E-state index contributed by atoms with van der Waals surface area (Å²) in [4.78, 5) is 33.1. The summed E-state index contributed by atoms with van der Waals surface area (Å²) >= 11 is 0. The molecule has 0 spiro atoms. The lowest BCUT2D eigenvalue weighted by molar-refractivity contribution is 0.0695. The fourth-order valence-corrected chi connectivity index (χ4v) is 3.96. The van der Waals surface area contributed by atoms with Crippen molar-refractivity contribution in [2.45, 2.75) is 25.8 Å². The second-order valence-electron chi connectivity index (χ2n) is 7.78. The summed E-state index contributed by atoms with van der Waals surface area (Å²) in [6.45, 7) is 4.59. The Labute approximate surface area is 173 Å². The molecule has 30 heavy (non-hydrogen) atoms. The summed E-state index contributed by atoms with van der Waals surface area (Å²) in [5, 5.41) is 9.48. The number of anilines is 1. The van der Waals surface area contributed by atoms with E-state index in [0.717, 1.165) is 18.5 Å². The maximum absolute atomic E-state index is 15.0. The van der Waals surface area contributed by atoms with E-state index >= 15 is 0 Å². The number of rotatable bonds is 6. The number of carboxylic acids is 1. The summed E-state index contributed by atoms with van der Waals surface area (Å²) in [7, 11) is 1.55. The van der Waals surface area contributed by atoms with Crippen molar-refractivity contribution in [3.8, 4) is 0 Å². The van der Waals surface area contributed by atoms with E-state index < -0.39 is 17.2 Å². The molecule has 2 fully saturated rings. The number of benzene rings is 1. The Hall–Kier alpha value is -3.07. The number of piperazine rings is 1. The zero-order valence-corrected chi connectivity index (χ0v) is 17.0. The number of halogens is 1. The molecular formula is C21H25FN4O4. The molecule has 160 valence electrons. The van der Waals surface area contributed by atoms with Crippen molar-refractivity contribution in [2.75, 3.05) is 38.2 Å². The summed E-state index contributed by atoms with van der Waals surface area (Å²) < 4.78 is 16.8. The Morgan fingerprint density at radius 2 is 1.97 bits per heavy atom. The van der Waals surface area contributed by atoms with Gasteiger partial charge in [-0.25, -0.2) is 9.18 Å². The van der Waals surface area contributed by atoms with E-state index in [2.05, 4.69) is 10.4 Å². The Balaban J connectivity index is 1.66. The van der Waals surface area contributed by atoms with E-state index in [4.69, 9.17) is 4.84 Å². The third-order valence-corrected chi connectivity index (χ3v) is 5.57. The van der Waals surface area contributed by atoms with Crippen molar-refractivity contribution < 1.29 is 19.1 Å². The van der Waals surface area contributed by atoms with Crippen LogP contribution in [0.3, 0.4) is 0 Å². The maximum atomic E-state index is 15.0. The molecular weight excluding hydrogens is 391 g/mol. The van der Waals surface area contributed by atoms with Crippen LogP contribution < -0.4 is 15.8 Å². The molecule has 2 N–H and O–H groups in total. The monoisotopic (exact) mass is 416 g/mol. The summed E-state index contributed by atoms with van der Waals surface area (Å²) in [5.41, 5.74) is 3.73. The van der Waals surface area contributed by atoms with Crippen molar-refractivity contribution in [3.05, 3.63) is 51.8 Å². The lowest BCUT2D eigenvalue weighted by Gasteiger charge is -2.36. The molecule has 0 bridgehead atoms. The average Bonchev–Trinajstić information content (AvgIpc) is 3.54. The summed E-state index contributed by atoms with van der Waals surface area (Å²) in [6, 6.07) is 3.04.